The van der Waals surface area contributed by atoms with Gasteiger partial charge >= 0.3 is 0 Å². The van der Waals surface area contributed by atoms with E-state index in [9.17, 15) is 9.59 Å². The van der Waals surface area contributed by atoms with Crippen molar-refractivity contribution in [3.63, 3.8) is 0 Å². The average molecular weight is 227 g/mol. The molecule has 0 saturated carbocycles. The van der Waals surface area contributed by atoms with Crippen LogP contribution in [-0.2, 0) is 0 Å². The molecule has 2 aromatic heterocycles. The van der Waals surface area contributed by atoms with Crippen molar-refractivity contribution in [3.05, 3.63) is 50.7 Å². The van der Waals surface area contributed by atoms with Crippen molar-refractivity contribution in [2.24, 2.45) is 0 Å². The minimum Gasteiger partial charge on any atom is -0.267 e. The van der Waals surface area contributed by atoms with Gasteiger partial charge in [0.15, 0.2) is 0 Å². The van der Waals surface area contributed by atoms with Gasteiger partial charge in [-0.25, -0.2) is 0 Å². The van der Waals surface area contributed by atoms with Crippen LogP contribution in [0.5, 0.6) is 0 Å². The van der Waals surface area contributed by atoms with Crippen molar-refractivity contribution >= 4 is 21.7 Å². The smallest absolute Gasteiger partial charge is 0.267 e. The normalized spacial score (nSPS) is 11.1. The van der Waals surface area contributed by atoms with Crippen molar-refractivity contribution < 1.29 is 0 Å². The molecule has 0 unspecified atom stereocenters. The molecule has 0 aliphatic carbocycles. The van der Waals surface area contributed by atoms with Crippen molar-refractivity contribution in [1.29, 1.82) is 0 Å². The molecule has 0 radical (unpaired) electrons. The van der Waals surface area contributed by atoms with Crippen molar-refractivity contribution in [2.75, 3.05) is 0 Å². The molecule has 0 atom stereocenters. The Balaban J connectivity index is 2.80. The van der Waals surface area contributed by atoms with Crippen LogP contribution in [0.15, 0.2) is 33.9 Å². The molecular weight excluding hydrogens is 218 g/mol. The number of fused-ring (bicyclic) bond motifs is 3. The number of nitrogens with one attached hydrogen (secondary N) is 2. The summed E-state index contributed by atoms with van der Waals surface area (Å²) in [6.07, 6.45) is 0. The summed E-state index contributed by atoms with van der Waals surface area (Å²) in [6.45, 7) is 1.73. The number of aromatic amines is 2. The Bertz CT molecular complexity index is 846. The first-order valence-corrected chi connectivity index (χ1v) is 5.18. The quantitative estimate of drug-likeness (QED) is 0.564. The number of hydrogen-bond acceptors (Lipinski definition) is 3. The largest absolute Gasteiger partial charge is 0.272 e. The third-order valence-corrected chi connectivity index (χ3v) is 2.82. The van der Waals surface area contributed by atoms with Gasteiger partial charge in [0.2, 0.25) is 0 Å². The molecule has 2 heterocycles. The van der Waals surface area contributed by atoms with Crippen LogP contribution in [0.4, 0.5) is 0 Å². The van der Waals surface area contributed by atoms with E-state index in [-0.39, 0.29) is 11.1 Å². The topological polar surface area (TPSA) is 78.6 Å². The Hall–Kier alpha value is -2.43. The molecule has 0 amide bonds. The minimum absolute atomic E-state index is 0.304. The SMILES string of the molecule is Cc1nc2ccccc2c2c(=O)[nH][nH]c(=O)c12. The Morgan fingerprint density at radius 3 is 2.41 bits per heavy atom. The third-order valence-electron chi connectivity index (χ3n) is 2.82. The highest BCUT2D eigenvalue weighted by Crippen LogP contribution is 2.20. The molecule has 0 saturated heterocycles. The number of rotatable bonds is 0. The third kappa shape index (κ3) is 1.29. The summed E-state index contributed by atoms with van der Waals surface area (Å²) in [7, 11) is 0. The van der Waals surface area contributed by atoms with Gasteiger partial charge in [-0.3, -0.25) is 24.8 Å². The average Bonchev–Trinajstić information content (AvgIpc) is 2.33. The molecule has 0 bridgehead atoms. The predicted octanol–water partition coefficient (Wildman–Crippen LogP) is 1.07. The van der Waals surface area contributed by atoms with E-state index in [2.05, 4.69) is 15.2 Å². The number of para-hydroxylation sites is 1. The van der Waals surface area contributed by atoms with Gasteiger partial charge in [-0.1, -0.05) is 18.2 Å². The lowest BCUT2D eigenvalue weighted by atomic mass is 10.1. The predicted molar refractivity (Wildman–Crippen MR) is 65.2 cm³/mol. The molecule has 1 aromatic carbocycles. The summed E-state index contributed by atoms with van der Waals surface area (Å²) in [6, 6.07) is 7.28. The van der Waals surface area contributed by atoms with Crippen molar-refractivity contribution in [1.82, 2.24) is 15.2 Å². The van der Waals surface area contributed by atoms with Crippen LogP contribution >= 0.6 is 0 Å². The fourth-order valence-corrected chi connectivity index (χ4v) is 2.09. The first-order chi connectivity index (χ1) is 8.18. The van der Waals surface area contributed by atoms with E-state index in [0.29, 0.717) is 27.4 Å². The highest BCUT2D eigenvalue weighted by atomic mass is 16.1. The lowest BCUT2D eigenvalue weighted by Crippen LogP contribution is -2.20. The molecule has 0 fully saturated rings. The zero-order valence-electron chi connectivity index (χ0n) is 9.07. The van der Waals surface area contributed by atoms with Crippen LogP contribution < -0.4 is 11.1 Å². The summed E-state index contributed by atoms with van der Waals surface area (Å²) >= 11 is 0. The molecule has 2 N–H and O–H groups in total. The second-order valence-electron chi connectivity index (χ2n) is 3.87. The second-order valence-corrected chi connectivity index (χ2v) is 3.87. The molecule has 5 heteroatoms. The van der Waals surface area contributed by atoms with Gasteiger partial charge in [-0.15, -0.1) is 0 Å². The Morgan fingerprint density at radius 2 is 1.65 bits per heavy atom. The summed E-state index contributed by atoms with van der Waals surface area (Å²) in [4.78, 5) is 27.9. The number of pyridine rings is 1. The summed E-state index contributed by atoms with van der Waals surface area (Å²) in [5.41, 5.74) is 0.649. The molecule has 0 aliphatic rings. The Morgan fingerprint density at radius 1 is 1.00 bits per heavy atom. The molecule has 0 spiro atoms. The lowest BCUT2D eigenvalue weighted by molar-refractivity contribution is 0.974. The number of benzene rings is 1. The molecule has 3 rings (SSSR count). The van der Waals surface area contributed by atoms with Gasteiger partial charge in [0, 0.05) is 5.39 Å². The van der Waals surface area contributed by atoms with Gasteiger partial charge in [0.25, 0.3) is 11.1 Å². The van der Waals surface area contributed by atoms with E-state index in [4.69, 9.17) is 0 Å². The monoisotopic (exact) mass is 227 g/mol. The fraction of sp³-hybridized carbons (Fsp3) is 0.0833. The molecule has 84 valence electrons. The zero-order chi connectivity index (χ0) is 12.0. The molecule has 3 aromatic rings. The van der Waals surface area contributed by atoms with Crippen LogP contribution in [0.2, 0.25) is 0 Å². The van der Waals surface area contributed by atoms with E-state index in [1.165, 1.54) is 0 Å². The Labute approximate surface area is 95.1 Å². The van der Waals surface area contributed by atoms with Gasteiger partial charge in [-0.2, -0.15) is 0 Å². The van der Waals surface area contributed by atoms with Crippen LogP contribution in [0.25, 0.3) is 21.7 Å². The maximum absolute atomic E-state index is 11.8. The number of H-pyrrole nitrogens is 2. The first-order valence-electron chi connectivity index (χ1n) is 5.18. The van der Waals surface area contributed by atoms with Gasteiger partial charge in [-0.05, 0) is 13.0 Å². The van der Waals surface area contributed by atoms with Crippen LogP contribution in [0, 0.1) is 6.92 Å². The summed E-state index contributed by atoms with van der Waals surface area (Å²) in [5.74, 6) is 0. The Kier molecular flexibility index (Phi) is 1.89. The summed E-state index contributed by atoms with van der Waals surface area (Å²) in [5, 5.41) is 6.10. The minimum atomic E-state index is -0.324. The molecular formula is C12H9N3O2. The standard InChI is InChI=1S/C12H9N3O2/c1-6-9-10(12(17)15-14-11(9)16)7-4-2-3-5-8(7)13-6/h2-5H,1H3,(H,14,16)(H,15,17). The highest BCUT2D eigenvalue weighted by Gasteiger charge is 2.11. The van der Waals surface area contributed by atoms with E-state index < -0.39 is 0 Å². The van der Waals surface area contributed by atoms with E-state index >= 15 is 0 Å². The fourth-order valence-electron chi connectivity index (χ4n) is 2.09. The van der Waals surface area contributed by atoms with Gasteiger partial charge in [0.05, 0.1) is 22.0 Å². The first kappa shape index (κ1) is 9.77. The van der Waals surface area contributed by atoms with Crippen molar-refractivity contribution in [2.45, 2.75) is 6.92 Å². The van der Waals surface area contributed by atoms with Crippen LogP contribution in [-0.4, -0.2) is 15.2 Å². The van der Waals surface area contributed by atoms with E-state index in [1.807, 2.05) is 18.2 Å². The zero-order valence-corrected chi connectivity index (χ0v) is 9.07. The van der Waals surface area contributed by atoms with Crippen LogP contribution in [0.1, 0.15) is 5.69 Å². The molecule has 0 aliphatic heterocycles. The maximum Gasteiger partial charge on any atom is 0.272 e. The lowest BCUT2D eigenvalue weighted by Gasteiger charge is -2.04. The molecule has 5 nitrogen and oxygen atoms in total. The van der Waals surface area contributed by atoms with E-state index in [1.54, 1.807) is 13.0 Å². The van der Waals surface area contributed by atoms with Gasteiger partial charge in [0.1, 0.15) is 0 Å². The number of nitrogens with zero attached hydrogens (tertiary/aromatic N) is 1. The maximum atomic E-state index is 11.8. The second kappa shape index (κ2) is 3.28. The summed E-state index contributed by atoms with van der Waals surface area (Å²) < 4.78 is 0. The van der Waals surface area contributed by atoms with Crippen LogP contribution in [0.3, 0.4) is 0 Å². The number of hydrogen-bond donors (Lipinski definition) is 2. The number of aryl methyl sites for hydroxylation is 1. The number of aromatic nitrogens is 3. The van der Waals surface area contributed by atoms with Gasteiger partial charge < -0.3 is 0 Å². The van der Waals surface area contributed by atoms with E-state index in [0.717, 1.165) is 0 Å². The highest BCUT2D eigenvalue weighted by molar-refractivity contribution is 6.05. The van der Waals surface area contributed by atoms with Crippen molar-refractivity contribution in [3.8, 4) is 0 Å². The molecule has 17 heavy (non-hydrogen) atoms.